The first kappa shape index (κ1) is 14.0. The standard InChI is InChI=1S/C14H14F4O/c1-8-2-3-10(15)11(12(8)16)13(19)9-4-6-14(17,18)7-5-9/h2-3,9H,4-7H2,1H3. The van der Waals surface area contributed by atoms with Crippen molar-refractivity contribution in [2.24, 2.45) is 5.92 Å². The molecule has 5 heteroatoms. The van der Waals surface area contributed by atoms with Crippen LogP contribution in [0.4, 0.5) is 17.6 Å². The molecule has 19 heavy (non-hydrogen) atoms. The highest BCUT2D eigenvalue weighted by Gasteiger charge is 2.38. The first-order valence-corrected chi connectivity index (χ1v) is 6.18. The van der Waals surface area contributed by atoms with Crippen LogP contribution in [0.5, 0.6) is 0 Å². The largest absolute Gasteiger partial charge is 0.294 e. The molecule has 0 N–H and O–H groups in total. The molecule has 0 spiro atoms. The smallest absolute Gasteiger partial charge is 0.248 e. The third kappa shape index (κ3) is 2.80. The van der Waals surface area contributed by atoms with Crippen LogP contribution in [0.1, 0.15) is 41.6 Å². The van der Waals surface area contributed by atoms with Gasteiger partial charge in [-0.1, -0.05) is 6.07 Å². The van der Waals surface area contributed by atoms with Gasteiger partial charge in [-0.05, 0) is 31.4 Å². The zero-order chi connectivity index (χ0) is 14.2. The number of alkyl halides is 2. The number of carbonyl (C=O) groups excluding carboxylic acids is 1. The molecule has 0 atom stereocenters. The number of Topliss-reactive ketones (excluding diaryl/α,β-unsaturated/α-hetero) is 1. The topological polar surface area (TPSA) is 17.1 Å². The fourth-order valence-electron chi connectivity index (χ4n) is 2.39. The van der Waals surface area contributed by atoms with E-state index >= 15 is 0 Å². The molecule has 104 valence electrons. The summed E-state index contributed by atoms with van der Waals surface area (Å²) in [6.07, 6.45) is -0.867. The lowest BCUT2D eigenvalue weighted by Crippen LogP contribution is -2.29. The number of carbonyl (C=O) groups is 1. The lowest BCUT2D eigenvalue weighted by molar-refractivity contribution is -0.0424. The summed E-state index contributed by atoms with van der Waals surface area (Å²) >= 11 is 0. The lowest BCUT2D eigenvalue weighted by atomic mass is 9.81. The maximum absolute atomic E-state index is 13.8. The molecule has 1 aromatic carbocycles. The molecule has 0 aromatic heterocycles. The number of rotatable bonds is 2. The highest BCUT2D eigenvalue weighted by Crippen LogP contribution is 2.38. The second-order valence-corrected chi connectivity index (χ2v) is 5.05. The van der Waals surface area contributed by atoms with Crippen LogP contribution in [0.2, 0.25) is 0 Å². The Labute approximate surface area is 108 Å². The summed E-state index contributed by atoms with van der Waals surface area (Å²) in [5.74, 6) is -5.99. The van der Waals surface area contributed by atoms with Crippen molar-refractivity contribution in [2.45, 2.75) is 38.5 Å². The highest BCUT2D eigenvalue weighted by molar-refractivity contribution is 5.98. The van der Waals surface area contributed by atoms with Gasteiger partial charge in [-0.25, -0.2) is 17.6 Å². The van der Waals surface area contributed by atoms with Crippen molar-refractivity contribution in [3.05, 3.63) is 34.9 Å². The van der Waals surface area contributed by atoms with E-state index < -0.39 is 47.7 Å². The van der Waals surface area contributed by atoms with E-state index in [4.69, 9.17) is 0 Å². The summed E-state index contributed by atoms with van der Waals surface area (Å²) < 4.78 is 53.4. The SMILES string of the molecule is Cc1ccc(F)c(C(=O)C2CCC(F)(F)CC2)c1F. The van der Waals surface area contributed by atoms with Crippen molar-refractivity contribution >= 4 is 5.78 Å². The zero-order valence-corrected chi connectivity index (χ0v) is 10.5. The lowest BCUT2D eigenvalue weighted by Gasteiger charge is -2.27. The van der Waals surface area contributed by atoms with Crippen molar-refractivity contribution < 1.29 is 22.4 Å². The van der Waals surface area contributed by atoms with Gasteiger partial charge in [-0.2, -0.15) is 0 Å². The average Bonchev–Trinajstić information content (AvgIpc) is 2.34. The Hall–Kier alpha value is -1.39. The monoisotopic (exact) mass is 274 g/mol. The maximum Gasteiger partial charge on any atom is 0.248 e. The van der Waals surface area contributed by atoms with Crippen LogP contribution < -0.4 is 0 Å². The van der Waals surface area contributed by atoms with Gasteiger partial charge in [0.1, 0.15) is 11.6 Å². The molecular formula is C14H14F4O. The van der Waals surface area contributed by atoms with Crippen LogP contribution in [-0.4, -0.2) is 11.7 Å². The Morgan fingerprint density at radius 3 is 2.37 bits per heavy atom. The van der Waals surface area contributed by atoms with Crippen LogP contribution >= 0.6 is 0 Å². The van der Waals surface area contributed by atoms with E-state index in [2.05, 4.69) is 0 Å². The first-order chi connectivity index (χ1) is 8.82. The van der Waals surface area contributed by atoms with Gasteiger partial charge in [0.15, 0.2) is 5.78 Å². The third-order valence-corrected chi connectivity index (χ3v) is 3.62. The molecule has 0 unspecified atom stereocenters. The predicted octanol–water partition coefficient (Wildman–Crippen LogP) is 4.28. The van der Waals surface area contributed by atoms with Crippen molar-refractivity contribution in [1.82, 2.24) is 0 Å². The predicted molar refractivity (Wildman–Crippen MR) is 62.3 cm³/mol. The van der Waals surface area contributed by atoms with E-state index in [0.29, 0.717) is 0 Å². The van der Waals surface area contributed by atoms with Gasteiger partial charge >= 0.3 is 0 Å². The van der Waals surface area contributed by atoms with E-state index in [1.54, 1.807) is 0 Å². The maximum atomic E-state index is 13.8. The summed E-state index contributed by atoms with van der Waals surface area (Å²) in [5.41, 5.74) is -0.416. The molecule has 0 saturated heterocycles. The van der Waals surface area contributed by atoms with Crippen molar-refractivity contribution in [1.29, 1.82) is 0 Å². The summed E-state index contributed by atoms with van der Waals surface area (Å²) in [6.45, 7) is 1.43. The van der Waals surface area contributed by atoms with Crippen LogP contribution in [0.3, 0.4) is 0 Å². The van der Waals surface area contributed by atoms with Crippen molar-refractivity contribution in [3.8, 4) is 0 Å². The molecular weight excluding hydrogens is 260 g/mol. The van der Waals surface area contributed by atoms with Crippen LogP contribution in [0.25, 0.3) is 0 Å². The van der Waals surface area contributed by atoms with Gasteiger partial charge in [-0.3, -0.25) is 4.79 Å². The fourth-order valence-corrected chi connectivity index (χ4v) is 2.39. The van der Waals surface area contributed by atoms with E-state index in [1.807, 2.05) is 0 Å². The Bertz CT molecular complexity index is 500. The molecule has 0 heterocycles. The number of aryl methyl sites for hydroxylation is 1. The zero-order valence-electron chi connectivity index (χ0n) is 10.5. The average molecular weight is 274 g/mol. The second kappa shape index (κ2) is 4.94. The van der Waals surface area contributed by atoms with E-state index in [-0.39, 0.29) is 18.4 Å². The normalized spacial score (nSPS) is 19.4. The Balaban J connectivity index is 2.24. The number of hydrogen-bond donors (Lipinski definition) is 0. The Morgan fingerprint density at radius 1 is 1.21 bits per heavy atom. The number of hydrogen-bond acceptors (Lipinski definition) is 1. The summed E-state index contributed by atoms with van der Waals surface area (Å²) in [5, 5.41) is 0. The van der Waals surface area contributed by atoms with Crippen molar-refractivity contribution in [3.63, 3.8) is 0 Å². The second-order valence-electron chi connectivity index (χ2n) is 5.05. The molecule has 1 saturated carbocycles. The molecule has 2 rings (SSSR count). The van der Waals surface area contributed by atoms with Crippen LogP contribution in [0.15, 0.2) is 12.1 Å². The van der Waals surface area contributed by atoms with E-state index in [0.717, 1.165) is 6.07 Å². The molecule has 1 aliphatic rings. The Morgan fingerprint density at radius 2 is 1.79 bits per heavy atom. The minimum absolute atomic E-state index is 0.0291. The van der Waals surface area contributed by atoms with Gasteiger partial charge in [0.05, 0.1) is 5.56 Å². The molecule has 0 amide bonds. The van der Waals surface area contributed by atoms with Gasteiger partial charge in [0.25, 0.3) is 0 Å². The molecule has 1 aliphatic carbocycles. The fraction of sp³-hybridized carbons (Fsp3) is 0.500. The summed E-state index contributed by atoms with van der Waals surface area (Å²) in [6, 6.07) is 2.28. The summed E-state index contributed by atoms with van der Waals surface area (Å²) in [4.78, 5) is 12.1. The third-order valence-electron chi connectivity index (χ3n) is 3.62. The van der Waals surface area contributed by atoms with Gasteiger partial charge in [0, 0.05) is 18.8 Å². The van der Waals surface area contributed by atoms with Gasteiger partial charge in [-0.15, -0.1) is 0 Å². The minimum Gasteiger partial charge on any atom is -0.294 e. The van der Waals surface area contributed by atoms with Gasteiger partial charge in [0.2, 0.25) is 5.92 Å². The molecule has 0 bridgehead atoms. The number of benzene rings is 1. The molecule has 1 fully saturated rings. The molecule has 1 nitrogen and oxygen atoms in total. The minimum atomic E-state index is -2.76. The number of halogens is 4. The van der Waals surface area contributed by atoms with Gasteiger partial charge < -0.3 is 0 Å². The molecule has 0 aliphatic heterocycles. The van der Waals surface area contributed by atoms with E-state index in [1.165, 1.54) is 13.0 Å². The quantitative estimate of drug-likeness (QED) is 0.581. The first-order valence-electron chi connectivity index (χ1n) is 6.18. The van der Waals surface area contributed by atoms with Crippen LogP contribution in [-0.2, 0) is 0 Å². The molecule has 0 radical (unpaired) electrons. The van der Waals surface area contributed by atoms with Crippen molar-refractivity contribution in [2.75, 3.05) is 0 Å². The molecule has 1 aromatic rings. The summed E-state index contributed by atoms with van der Waals surface area (Å²) in [7, 11) is 0. The van der Waals surface area contributed by atoms with E-state index in [9.17, 15) is 22.4 Å². The highest BCUT2D eigenvalue weighted by atomic mass is 19.3. The van der Waals surface area contributed by atoms with Crippen LogP contribution in [0, 0.1) is 24.5 Å². The number of ketones is 1. The Kier molecular flexibility index (Phi) is 3.65.